The lowest BCUT2D eigenvalue weighted by atomic mass is 10.0. The van der Waals surface area contributed by atoms with Crippen molar-refractivity contribution in [1.29, 1.82) is 0 Å². The molecule has 1 aromatic carbocycles. The summed E-state index contributed by atoms with van der Waals surface area (Å²) < 4.78 is 0. The second-order valence-electron chi connectivity index (χ2n) is 3.07. The number of allylic oxidation sites excluding steroid dienone is 6. The largest absolute Gasteiger partial charge is 0.103 e. The molecule has 0 heteroatoms. The molecule has 0 unspecified atom stereocenters. The first-order valence-electron chi connectivity index (χ1n) is 4.44. The van der Waals surface area contributed by atoms with Gasteiger partial charge in [-0.3, -0.25) is 0 Å². The summed E-state index contributed by atoms with van der Waals surface area (Å²) in [6, 6.07) is 10.5. The molecule has 2 rings (SSSR count). The van der Waals surface area contributed by atoms with Crippen LogP contribution in [0.2, 0.25) is 0 Å². The zero-order valence-electron chi connectivity index (χ0n) is 7.40. The third-order valence-corrected chi connectivity index (χ3v) is 2.04. The smallest absolute Gasteiger partial charge is 0.0622 e. The molecule has 0 saturated carbocycles. The van der Waals surface area contributed by atoms with Crippen molar-refractivity contribution in [3.8, 4) is 0 Å². The highest BCUT2D eigenvalue weighted by molar-refractivity contribution is 5.34. The molecule has 0 amide bonds. The van der Waals surface area contributed by atoms with Crippen molar-refractivity contribution in [3.63, 3.8) is 0 Å². The Bertz CT molecular complexity index is 353. The molecule has 0 radical (unpaired) electrons. The van der Waals surface area contributed by atoms with Crippen LogP contribution in [0.5, 0.6) is 0 Å². The Morgan fingerprint density at radius 1 is 1.08 bits per heavy atom. The molecule has 0 saturated heterocycles. The van der Waals surface area contributed by atoms with Crippen LogP contribution in [0.15, 0.2) is 60.2 Å². The third-order valence-electron chi connectivity index (χ3n) is 2.04. The van der Waals surface area contributed by atoms with Crippen LogP contribution < -0.4 is 0 Å². The van der Waals surface area contributed by atoms with Gasteiger partial charge in [0.25, 0.3) is 0 Å². The zero-order chi connectivity index (χ0) is 8.93. The maximum atomic E-state index is 3.02. The van der Waals surface area contributed by atoms with Gasteiger partial charge < -0.3 is 0 Å². The zero-order valence-corrected chi connectivity index (χ0v) is 7.40. The first-order chi connectivity index (χ1) is 6.45. The molecule has 0 aromatic heterocycles. The normalized spacial score (nSPS) is 13.7. The fraction of sp³-hybridized carbons (Fsp3) is 0.0769. The topological polar surface area (TPSA) is 0 Å². The SMILES string of the molecule is [C+]1=CC=C(Cc2ccccc2)C=C1. The van der Waals surface area contributed by atoms with E-state index in [1.807, 2.05) is 18.2 Å². The molecule has 1 aromatic rings. The van der Waals surface area contributed by atoms with Crippen molar-refractivity contribution in [3.05, 3.63) is 71.8 Å². The lowest BCUT2D eigenvalue weighted by Gasteiger charge is -1.97. The molecule has 0 fully saturated rings. The summed E-state index contributed by atoms with van der Waals surface area (Å²) in [7, 11) is 0. The molecule has 0 spiro atoms. The Labute approximate surface area is 78.9 Å². The summed E-state index contributed by atoms with van der Waals surface area (Å²) in [4.78, 5) is 0. The highest BCUT2D eigenvalue weighted by atomic mass is 14.0. The summed E-state index contributed by atoms with van der Waals surface area (Å²) in [6.45, 7) is 0. The van der Waals surface area contributed by atoms with Crippen molar-refractivity contribution in [2.45, 2.75) is 6.42 Å². The van der Waals surface area contributed by atoms with Crippen LogP contribution >= 0.6 is 0 Å². The minimum absolute atomic E-state index is 1.01. The van der Waals surface area contributed by atoms with Crippen LogP contribution in [0.1, 0.15) is 5.56 Å². The quantitative estimate of drug-likeness (QED) is 0.594. The Hall–Kier alpha value is -1.65. The Morgan fingerprint density at radius 2 is 1.92 bits per heavy atom. The first kappa shape index (κ1) is 7.97. The maximum Gasteiger partial charge on any atom is 0.103 e. The standard InChI is InChI=1S/C13H11/c1-3-7-12(8-4-1)11-13-9-5-2-6-10-13/h1,3-10H,11H2/q+1. The molecule has 0 aliphatic heterocycles. The average molecular weight is 167 g/mol. The summed E-state index contributed by atoms with van der Waals surface area (Å²) in [5.41, 5.74) is 2.69. The fourth-order valence-corrected chi connectivity index (χ4v) is 1.37. The lowest BCUT2D eigenvalue weighted by Crippen LogP contribution is -1.88. The van der Waals surface area contributed by atoms with Gasteiger partial charge in [0, 0.05) is 12.5 Å². The van der Waals surface area contributed by atoms with E-state index >= 15 is 0 Å². The van der Waals surface area contributed by atoms with Crippen LogP contribution in [-0.4, -0.2) is 0 Å². The van der Waals surface area contributed by atoms with Gasteiger partial charge in [-0.15, -0.1) is 0 Å². The van der Waals surface area contributed by atoms with Gasteiger partial charge in [-0.1, -0.05) is 30.3 Å². The molecule has 1 aliphatic rings. The Morgan fingerprint density at radius 3 is 2.62 bits per heavy atom. The van der Waals surface area contributed by atoms with E-state index in [1.165, 1.54) is 11.1 Å². The van der Waals surface area contributed by atoms with Crippen molar-refractivity contribution < 1.29 is 0 Å². The minimum Gasteiger partial charge on any atom is -0.0622 e. The molecule has 0 N–H and O–H groups in total. The highest BCUT2D eigenvalue weighted by Gasteiger charge is 2.02. The monoisotopic (exact) mass is 167 g/mol. The van der Waals surface area contributed by atoms with Crippen LogP contribution in [-0.2, 0) is 6.42 Å². The molecule has 1 aliphatic carbocycles. The predicted molar refractivity (Wildman–Crippen MR) is 55.2 cm³/mol. The Kier molecular flexibility index (Phi) is 2.35. The summed E-state index contributed by atoms with van der Waals surface area (Å²) in [6.07, 6.45) is 12.1. The van der Waals surface area contributed by atoms with Crippen molar-refractivity contribution >= 4 is 0 Å². The van der Waals surface area contributed by atoms with Crippen molar-refractivity contribution in [2.24, 2.45) is 0 Å². The van der Waals surface area contributed by atoms with Crippen molar-refractivity contribution in [1.82, 2.24) is 0 Å². The first-order valence-corrected chi connectivity index (χ1v) is 4.44. The van der Waals surface area contributed by atoms with Gasteiger partial charge in [0.1, 0.15) is 12.2 Å². The van der Waals surface area contributed by atoms with Gasteiger partial charge in [0.2, 0.25) is 0 Å². The predicted octanol–water partition coefficient (Wildman–Crippen LogP) is 3.08. The molecular weight excluding hydrogens is 156 g/mol. The van der Waals surface area contributed by atoms with E-state index in [-0.39, 0.29) is 0 Å². The van der Waals surface area contributed by atoms with E-state index in [9.17, 15) is 0 Å². The van der Waals surface area contributed by atoms with E-state index in [0.717, 1.165) is 6.42 Å². The maximum absolute atomic E-state index is 3.02. The second-order valence-corrected chi connectivity index (χ2v) is 3.07. The molecule has 62 valence electrons. The van der Waals surface area contributed by atoms with Gasteiger partial charge in [0.05, 0.1) is 17.7 Å². The van der Waals surface area contributed by atoms with Crippen molar-refractivity contribution in [2.75, 3.05) is 0 Å². The number of benzene rings is 1. The molecular formula is C13H11+. The molecule has 0 heterocycles. The highest BCUT2D eigenvalue weighted by Crippen LogP contribution is 2.11. The third kappa shape index (κ3) is 2.14. The Balaban J connectivity index is 2.11. The summed E-state index contributed by atoms with van der Waals surface area (Å²) in [5, 5.41) is 0. The summed E-state index contributed by atoms with van der Waals surface area (Å²) >= 11 is 0. The van der Waals surface area contributed by atoms with E-state index in [2.05, 4.69) is 42.5 Å². The van der Waals surface area contributed by atoms with Crippen LogP contribution in [0.4, 0.5) is 0 Å². The van der Waals surface area contributed by atoms with Crippen LogP contribution in [0.25, 0.3) is 0 Å². The van der Waals surface area contributed by atoms with Crippen LogP contribution in [0.3, 0.4) is 0 Å². The van der Waals surface area contributed by atoms with Crippen LogP contribution in [0, 0.1) is 6.08 Å². The minimum atomic E-state index is 1.01. The number of hydrogen-bond donors (Lipinski definition) is 0. The fourth-order valence-electron chi connectivity index (χ4n) is 1.37. The van der Waals surface area contributed by atoms with Gasteiger partial charge in [-0.25, -0.2) is 0 Å². The molecule has 13 heavy (non-hydrogen) atoms. The lowest BCUT2D eigenvalue weighted by molar-refractivity contribution is 1.19. The van der Waals surface area contributed by atoms with Gasteiger partial charge in [0.15, 0.2) is 0 Å². The number of hydrogen-bond acceptors (Lipinski definition) is 0. The van der Waals surface area contributed by atoms with Gasteiger partial charge >= 0.3 is 0 Å². The molecule has 0 nitrogen and oxygen atoms in total. The average Bonchev–Trinajstić information content (AvgIpc) is 2.21. The van der Waals surface area contributed by atoms with Gasteiger partial charge in [-0.2, -0.15) is 0 Å². The summed E-state index contributed by atoms with van der Waals surface area (Å²) in [5.74, 6) is 0. The van der Waals surface area contributed by atoms with E-state index < -0.39 is 0 Å². The number of rotatable bonds is 2. The van der Waals surface area contributed by atoms with E-state index in [4.69, 9.17) is 0 Å². The van der Waals surface area contributed by atoms with Gasteiger partial charge in [-0.05, 0) is 5.56 Å². The van der Waals surface area contributed by atoms with E-state index in [0.29, 0.717) is 0 Å². The molecule has 0 bridgehead atoms. The van der Waals surface area contributed by atoms with E-state index in [1.54, 1.807) is 0 Å². The second kappa shape index (κ2) is 3.84. The molecule has 0 atom stereocenters.